The van der Waals surface area contributed by atoms with E-state index >= 15 is 0 Å². The van der Waals surface area contributed by atoms with Crippen molar-refractivity contribution in [1.82, 2.24) is 9.78 Å². The minimum atomic E-state index is -0.318. The monoisotopic (exact) mass is 165 g/mol. The number of fused-ring (bicyclic) bond motifs is 1. The lowest BCUT2D eigenvalue weighted by atomic mass is 9.93. The molecule has 1 aliphatic carbocycles. The summed E-state index contributed by atoms with van der Waals surface area (Å²) in [6.45, 7) is 0. The second-order valence-electron chi connectivity index (χ2n) is 3.14. The number of hydrogen-bond acceptors (Lipinski definition) is 3. The standard InChI is InChI=1S/C8H11N3O/c1-11-7-3-2-6(9)8(12)5(7)4-10-11/h4,6H,2-3,9H2,1H3. The Labute approximate surface area is 70.4 Å². The normalized spacial score (nSPS) is 22.5. The Morgan fingerprint density at radius 2 is 2.50 bits per heavy atom. The Balaban J connectivity index is 2.50. The number of hydrogen-bond donors (Lipinski definition) is 1. The van der Waals surface area contributed by atoms with Gasteiger partial charge in [0, 0.05) is 12.7 Å². The molecule has 1 aliphatic rings. The van der Waals surface area contributed by atoms with E-state index in [4.69, 9.17) is 5.73 Å². The van der Waals surface area contributed by atoms with Crippen LogP contribution in [0.15, 0.2) is 6.20 Å². The van der Waals surface area contributed by atoms with Crippen LogP contribution in [0.5, 0.6) is 0 Å². The topological polar surface area (TPSA) is 60.9 Å². The third kappa shape index (κ3) is 0.881. The van der Waals surface area contributed by atoms with Crippen LogP contribution in [0, 0.1) is 0 Å². The number of carbonyl (C=O) groups excluding carboxylic acids is 1. The highest BCUT2D eigenvalue weighted by Gasteiger charge is 2.26. The van der Waals surface area contributed by atoms with Gasteiger partial charge in [0.1, 0.15) is 0 Å². The van der Waals surface area contributed by atoms with E-state index in [1.54, 1.807) is 10.9 Å². The minimum absolute atomic E-state index is 0.0318. The zero-order valence-corrected chi connectivity index (χ0v) is 6.95. The molecule has 0 saturated carbocycles. The van der Waals surface area contributed by atoms with E-state index in [0.717, 1.165) is 18.5 Å². The highest BCUT2D eigenvalue weighted by molar-refractivity contribution is 6.01. The molecule has 1 heterocycles. The third-order valence-electron chi connectivity index (χ3n) is 2.36. The molecule has 0 fully saturated rings. The molecule has 1 atom stereocenters. The van der Waals surface area contributed by atoms with Crippen LogP contribution in [0.25, 0.3) is 0 Å². The summed E-state index contributed by atoms with van der Waals surface area (Å²) in [5.41, 5.74) is 7.34. The van der Waals surface area contributed by atoms with Crippen molar-refractivity contribution in [2.75, 3.05) is 0 Å². The molecule has 2 rings (SSSR count). The Hall–Kier alpha value is -1.16. The molecule has 1 aromatic heterocycles. The molecule has 1 aromatic rings. The molecule has 4 nitrogen and oxygen atoms in total. The van der Waals surface area contributed by atoms with Gasteiger partial charge in [0.15, 0.2) is 5.78 Å². The van der Waals surface area contributed by atoms with Crippen molar-refractivity contribution >= 4 is 5.78 Å². The smallest absolute Gasteiger partial charge is 0.182 e. The van der Waals surface area contributed by atoms with E-state index in [0.29, 0.717) is 5.56 Å². The molecule has 0 bridgehead atoms. The predicted octanol–water partition coefficient (Wildman–Crippen LogP) is -0.124. The number of carbonyl (C=O) groups is 1. The van der Waals surface area contributed by atoms with Crippen LogP contribution < -0.4 is 5.73 Å². The van der Waals surface area contributed by atoms with Crippen molar-refractivity contribution in [3.05, 3.63) is 17.5 Å². The highest BCUT2D eigenvalue weighted by Crippen LogP contribution is 2.19. The molecule has 64 valence electrons. The maximum absolute atomic E-state index is 11.5. The van der Waals surface area contributed by atoms with E-state index in [1.807, 2.05) is 7.05 Å². The lowest BCUT2D eigenvalue weighted by Crippen LogP contribution is -2.35. The second-order valence-corrected chi connectivity index (χ2v) is 3.14. The van der Waals surface area contributed by atoms with Gasteiger partial charge in [-0.3, -0.25) is 9.48 Å². The molecule has 0 saturated heterocycles. The van der Waals surface area contributed by atoms with Gasteiger partial charge in [0.05, 0.1) is 17.8 Å². The molecular formula is C8H11N3O. The average molecular weight is 165 g/mol. The van der Waals surface area contributed by atoms with Gasteiger partial charge >= 0.3 is 0 Å². The fourth-order valence-electron chi connectivity index (χ4n) is 1.59. The van der Waals surface area contributed by atoms with E-state index in [9.17, 15) is 4.79 Å². The molecule has 1 unspecified atom stereocenters. The number of aryl methyl sites for hydroxylation is 1. The predicted molar refractivity (Wildman–Crippen MR) is 43.8 cm³/mol. The minimum Gasteiger partial charge on any atom is -0.321 e. The number of nitrogens with zero attached hydrogens (tertiary/aromatic N) is 2. The fraction of sp³-hybridized carbons (Fsp3) is 0.500. The summed E-state index contributed by atoms with van der Waals surface area (Å²) in [7, 11) is 1.85. The summed E-state index contributed by atoms with van der Waals surface area (Å²) in [5, 5.41) is 4.02. The highest BCUT2D eigenvalue weighted by atomic mass is 16.1. The van der Waals surface area contributed by atoms with Crippen LogP contribution in [0.1, 0.15) is 22.5 Å². The average Bonchev–Trinajstić information content (AvgIpc) is 2.41. The molecule has 0 spiro atoms. The van der Waals surface area contributed by atoms with Crippen molar-refractivity contribution in [2.24, 2.45) is 12.8 Å². The molecule has 12 heavy (non-hydrogen) atoms. The van der Waals surface area contributed by atoms with E-state index in [-0.39, 0.29) is 11.8 Å². The second kappa shape index (κ2) is 2.42. The first-order chi connectivity index (χ1) is 5.70. The molecule has 2 N–H and O–H groups in total. The Kier molecular flexibility index (Phi) is 1.51. The van der Waals surface area contributed by atoms with Crippen LogP contribution in [0.2, 0.25) is 0 Å². The fourth-order valence-corrected chi connectivity index (χ4v) is 1.59. The lowest BCUT2D eigenvalue weighted by Gasteiger charge is -2.16. The van der Waals surface area contributed by atoms with E-state index in [1.165, 1.54) is 0 Å². The molecule has 0 aromatic carbocycles. The van der Waals surface area contributed by atoms with Crippen LogP contribution in [-0.2, 0) is 13.5 Å². The van der Waals surface area contributed by atoms with Crippen LogP contribution >= 0.6 is 0 Å². The number of aromatic nitrogens is 2. The zero-order valence-electron chi connectivity index (χ0n) is 6.95. The summed E-state index contributed by atoms with van der Waals surface area (Å²) in [6.07, 6.45) is 3.21. The molecular weight excluding hydrogens is 154 g/mol. The van der Waals surface area contributed by atoms with E-state index in [2.05, 4.69) is 5.10 Å². The first-order valence-corrected chi connectivity index (χ1v) is 4.01. The van der Waals surface area contributed by atoms with Gasteiger partial charge in [-0.05, 0) is 12.8 Å². The summed E-state index contributed by atoms with van der Waals surface area (Å²) in [5.74, 6) is 0.0318. The lowest BCUT2D eigenvalue weighted by molar-refractivity contribution is 0.0948. The quantitative estimate of drug-likeness (QED) is 0.582. The maximum Gasteiger partial charge on any atom is 0.182 e. The Morgan fingerprint density at radius 1 is 1.75 bits per heavy atom. The summed E-state index contributed by atoms with van der Waals surface area (Å²) in [6, 6.07) is -0.318. The summed E-state index contributed by atoms with van der Waals surface area (Å²) >= 11 is 0. The largest absolute Gasteiger partial charge is 0.321 e. The third-order valence-corrected chi connectivity index (χ3v) is 2.36. The van der Waals surface area contributed by atoms with E-state index < -0.39 is 0 Å². The SMILES string of the molecule is Cn1ncc2c1CCC(N)C2=O. The van der Waals surface area contributed by atoms with Gasteiger partial charge < -0.3 is 5.73 Å². The van der Waals surface area contributed by atoms with Crippen molar-refractivity contribution in [2.45, 2.75) is 18.9 Å². The van der Waals surface area contributed by atoms with Crippen molar-refractivity contribution in [3.8, 4) is 0 Å². The van der Waals surface area contributed by atoms with Crippen LogP contribution in [-0.4, -0.2) is 21.6 Å². The number of Topliss-reactive ketones (excluding diaryl/α,β-unsaturated/α-hetero) is 1. The zero-order chi connectivity index (χ0) is 8.72. The van der Waals surface area contributed by atoms with Gasteiger partial charge in [-0.1, -0.05) is 0 Å². The van der Waals surface area contributed by atoms with Crippen LogP contribution in [0.3, 0.4) is 0 Å². The van der Waals surface area contributed by atoms with Gasteiger partial charge in [-0.25, -0.2) is 0 Å². The van der Waals surface area contributed by atoms with Gasteiger partial charge in [0.25, 0.3) is 0 Å². The molecule has 0 amide bonds. The number of rotatable bonds is 0. The number of nitrogens with two attached hydrogens (primary N) is 1. The van der Waals surface area contributed by atoms with Crippen LogP contribution in [0.4, 0.5) is 0 Å². The Bertz CT molecular complexity index is 329. The first-order valence-electron chi connectivity index (χ1n) is 4.01. The molecule has 0 radical (unpaired) electrons. The van der Waals surface area contributed by atoms with Crippen molar-refractivity contribution in [1.29, 1.82) is 0 Å². The van der Waals surface area contributed by atoms with Crippen molar-refractivity contribution < 1.29 is 4.79 Å². The van der Waals surface area contributed by atoms with Crippen molar-refractivity contribution in [3.63, 3.8) is 0 Å². The molecule has 4 heteroatoms. The van der Waals surface area contributed by atoms with Gasteiger partial charge in [-0.15, -0.1) is 0 Å². The maximum atomic E-state index is 11.5. The van der Waals surface area contributed by atoms with Gasteiger partial charge in [0.2, 0.25) is 0 Å². The first kappa shape index (κ1) is 7.49. The summed E-state index contributed by atoms with van der Waals surface area (Å²) in [4.78, 5) is 11.5. The summed E-state index contributed by atoms with van der Waals surface area (Å²) < 4.78 is 1.75. The molecule has 0 aliphatic heterocycles. The Morgan fingerprint density at radius 3 is 3.25 bits per heavy atom. The number of ketones is 1. The van der Waals surface area contributed by atoms with Gasteiger partial charge in [-0.2, -0.15) is 5.10 Å².